The van der Waals surface area contributed by atoms with Gasteiger partial charge in [-0.05, 0) is 43.6 Å². The Bertz CT molecular complexity index is 378. The number of benzene rings is 1. The lowest BCUT2D eigenvalue weighted by atomic mass is 10.2. The summed E-state index contributed by atoms with van der Waals surface area (Å²) in [5.74, 6) is 0.00663. The van der Waals surface area contributed by atoms with E-state index in [1.807, 2.05) is 0 Å². The fourth-order valence-corrected chi connectivity index (χ4v) is 2.29. The molecule has 4 heteroatoms. The summed E-state index contributed by atoms with van der Waals surface area (Å²) in [5.41, 5.74) is 1.05. The highest BCUT2D eigenvalue weighted by atomic mass is 19.1. The van der Waals surface area contributed by atoms with E-state index in [-0.39, 0.29) is 5.82 Å². The van der Waals surface area contributed by atoms with Crippen molar-refractivity contribution in [2.45, 2.75) is 19.4 Å². The van der Waals surface area contributed by atoms with E-state index >= 15 is 0 Å². The second-order valence-electron chi connectivity index (χ2n) is 4.69. The minimum Gasteiger partial charge on any atom is -0.494 e. The van der Waals surface area contributed by atoms with Crippen LogP contribution < -0.4 is 10.1 Å². The number of likely N-dealkylation sites (tertiary alicyclic amines) is 1. The van der Waals surface area contributed by atoms with Gasteiger partial charge in [-0.2, -0.15) is 0 Å². The summed E-state index contributed by atoms with van der Waals surface area (Å²) in [6.45, 7) is 5.28. The maximum absolute atomic E-state index is 13.2. The zero-order valence-electron chi connectivity index (χ0n) is 10.9. The van der Waals surface area contributed by atoms with Crippen LogP contribution in [0.1, 0.15) is 18.4 Å². The molecular formula is C14H21FN2O. The monoisotopic (exact) mass is 252 g/mol. The predicted molar refractivity (Wildman–Crippen MR) is 70.3 cm³/mol. The van der Waals surface area contributed by atoms with Crippen molar-refractivity contribution >= 4 is 0 Å². The van der Waals surface area contributed by atoms with Gasteiger partial charge in [0.25, 0.3) is 0 Å². The standard InChI is InChI=1S/C14H21FN2O/c1-18-14-10-12(4-5-13(14)15)11-16-6-9-17-7-2-3-8-17/h4-5,10,16H,2-3,6-9,11H2,1H3. The van der Waals surface area contributed by atoms with Crippen molar-refractivity contribution in [3.63, 3.8) is 0 Å². The van der Waals surface area contributed by atoms with Crippen molar-refractivity contribution < 1.29 is 9.13 Å². The van der Waals surface area contributed by atoms with E-state index in [4.69, 9.17) is 4.74 Å². The molecule has 3 nitrogen and oxygen atoms in total. The van der Waals surface area contributed by atoms with E-state index in [1.54, 1.807) is 12.1 Å². The van der Waals surface area contributed by atoms with E-state index in [0.29, 0.717) is 5.75 Å². The van der Waals surface area contributed by atoms with Crippen LogP contribution in [-0.2, 0) is 6.54 Å². The van der Waals surface area contributed by atoms with Gasteiger partial charge in [0.05, 0.1) is 7.11 Å². The van der Waals surface area contributed by atoms with Gasteiger partial charge in [0.2, 0.25) is 0 Å². The van der Waals surface area contributed by atoms with Gasteiger partial charge in [0.1, 0.15) is 0 Å². The molecule has 18 heavy (non-hydrogen) atoms. The van der Waals surface area contributed by atoms with Crippen LogP contribution in [0, 0.1) is 5.82 Å². The highest BCUT2D eigenvalue weighted by Gasteiger charge is 2.10. The van der Waals surface area contributed by atoms with E-state index in [2.05, 4.69) is 10.2 Å². The summed E-state index contributed by atoms with van der Waals surface area (Å²) < 4.78 is 18.2. The third-order valence-corrected chi connectivity index (χ3v) is 3.35. The molecule has 1 heterocycles. The van der Waals surface area contributed by atoms with Gasteiger partial charge in [0.15, 0.2) is 11.6 Å². The van der Waals surface area contributed by atoms with Crippen molar-refractivity contribution in [1.82, 2.24) is 10.2 Å². The minimum absolute atomic E-state index is 0.307. The third-order valence-electron chi connectivity index (χ3n) is 3.35. The average molecular weight is 252 g/mol. The Morgan fingerprint density at radius 2 is 2.11 bits per heavy atom. The number of halogens is 1. The Morgan fingerprint density at radius 3 is 2.83 bits per heavy atom. The van der Waals surface area contributed by atoms with Gasteiger partial charge in [-0.15, -0.1) is 0 Å². The van der Waals surface area contributed by atoms with Gasteiger partial charge in [-0.1, -0.05) is 6.07 Å². The van der Waals surface area contributed by atoms with E-state index in [0.717, 1.165) is 25.2 Å². The van der Waals surface area contributed by atoms with Crippen molar-refractivity contribution in [3.05, 3.63) is 29.6 Å². The molecule has 1 aromatic carbocycles. The van der Waals surface area contributed by atoms with Crippen molar-refractivity contribution in [2.24, 2.45) is 0 Å². The molecule has 0 amide bonds. The first-order chi connectivity index (χ1) is 8.79. The largest absolute Gasteiger partial charge is 0.494 e. The highest BCUT2D eigenvalue weighted by molar-refractivity contribution is 5.30. The Hall–Kier alpha value is -1.13. The molecule has 0 radical (unpaired) electrons. The molecule has 0 atom stereocenters. The Labute approximate surface area is 108 Å². The fraction of sp³-hybridized carbons (Fsp3) is 0.571. The molecule has 1 fully saturated rings. The molecule has 0 aromatic heterocycles. The highest BCUT2D eigenvalue weighted by Crippen LogP contribution is 2.17. The zero-order chi connectivity index (χ0) is 12.8. The average Bonchev–Trinajstić information content (AvgIpc) is 2.89. The first-order valence-electron chi connectivity index (χ1n) is 6.55. The molecule has 1 N–H and O–H groups in total. The quantitative estimate of drug-likeness (QED) is 0.784. The van der Waals surface area contributed by atoms with Crippen LogP contribution >= 0.6 is 0 Å². The summed E-state index contributed by atoms with van der Waals surface area (Å²) in [7, 11) is 1.49. The van der Waals surface area contributed by atoms with Crippen LogP contribution in [0.2, 0.25) is 0 Å². The summed E-state index contributed by atoms with van der Waals surface area (Å²) in [6.07, 6.45) is 2.66. The van der Waals surface area contributed by atoms with Crippen molar-refractivity contribution in [3.8, 4) is 5.75 Å². The predicted octanol–water partition coefficient (Wildman–Crippen LogP) is 2.02. The molecule has 1 aliphatic rings. The lowest BCUT2D eigenvalue weighted by molar-refractivity contribution is 0.335. The van der Waals surface area contributed by atoms with Gasteiger partial charge in [-0.25, -0.2) is 4.39 Å². The molecule has 0 aliphatic carbocycles. The topological polar surface area (TPSA) is 24.5 Å². The normalized spacial score (nSPS) is 16.1. The third kappa shape index (κ3) is 3.68. The maximum atomic E-state index is 13.2. The van der Waals surface area contributed by atoms with Gasteiger partial charge in [0, 0.05) is 19.6 Å². The number of nitrogens with one attached hydrogen (secondary N) is 1. The Kier molecular flexibility index (Phi) is 4.96. The number of ether oxygens (including phenoxy) is 1. The van der Waals surface area contributed by atoms with Crippen LogP contribution in [0.25, 0.3) is 0 Å². The number of rotatable bonds is 6. The first kappa shape index (κ1) is 13.3. The number of hydrogen-bond acceptors (Lipinski definition) is 3. The fourth-order valence-electron chi connectivity index (χ4n) is 2.29. The Morgan fingerprint density at radius 1 is 1.33 bits per heavy atom. The van der Waals surface area contributed by atoms with Gasteiger partial charge < -0.3 is 15.0 Å². The number of methoxy groups -OCH3 is 1. The molecular weight excluding hydrogens is 231 g/mol. The van der Waals surface area contributed by atoms with Crippen molar-refractivity contribution in [1.29, 1.82) is 0 Å². The zero-order valence-corrected chi connectivity index (χ0v) is 10.9. The van der Waals surface area contributed by atoms with Gasteiger partial charge >= 0.3 is 0 Å². The Balaban J connectivity index is 1.72. The lowest BCUT2D eigenvalue weighted by Crippen LogP contribution is -2.29. The summed E-state index contributed by atoms with van der Waals surface area (Å²) >= 11 is 0. The SMILES string of the molecule is COc1cc(CNCCN2CCCC2)ccc1F. The summed E-state index contributed by atoms with van der Waals surface area (Å²) in [4.78, 5) is 2.47. The lowest BCUT2D eigenvalue weighted by Gasteiger charge is -2.14. The van der Waals surface area contributed by atoms with Crippen LogP contribution in [0.3, 0.4) is 0 Å². The summed E-state index contributed by atoms with van der Waals surface area (Å²) in [5, 5.41) is 3.38. The molecule has 0 bridgehead atoms. The molecule has 1 saturated heterocycles. The van der Waals surface area contributed by atoms with Crippen LogP contribution in [0.5, 0.6) is 5.75 Å². The molecule has 0 unspecified atom stereocenters. The molecule has 2 rings (SSSR count). The molecule has 100 valence electrons. The summed E-state index contributed by atoms with van der Waals surface area (Å²) in [6, 6.07) is 5.00. The molecule has 0 saturated carbocycles. The first-order valence-corrected chi connectivity index (χ1v) is 6.55. The maximum Gasteiger partial charge on any atom is 0.165 e. The number of nitrogens with zero attached hydrogens (tertiary/aromatic N) is 1. The second-order valence-corrected chi connectivity index (χ2v) is 4.69. The molecule has 1 aromatic rings. The van der Waals surface area contributed by atoms with E-state index in [9.17, 15) is 4.39 Å². The van der Waals surface area contributed by atoms with Crippen LogP contribution in [0.15, 0.2) is 18.2 Å². The van der Waals surface area contributed by atoms with Crippen LogP contribution in [0.4, 0.5) is 4.39 Å². The number of hydrogen-bond donors (Lipinski definition) is 1. The molecule has 1 aliphatic heterocycles. The van der Waals surface area contributed by atoms with E-state index < -0.39 is 0 Å². The minimum atomic E-state index is -0.307. The molecule has 0 spiro atoms. The van der Waals surface area contributed by atoms with E-state index in [1.165, 1.54) is 39.1 Å². The van der Waals surface area contributed by atoms with Crippen molar-refractivity contribution in [2.75, 3.05) is 33.3 Å². The second kappa shape index (κ2) is 6.71. The van der Waals surface area contributed by atoms with Gasteiger partial charge in [-0.3, -0.25) is 0 Å². The van der Waals surface area contributed by atoms with Crippen LogP contribution in [-0.4, -0.2) is 38.2 Å². The smallest absolute Gasteiger partial charge is 0.165 e.